The molecule has 0 radical (unpaired) electrons. The van der Waals surface area contributed by atoms with Crippen LogP contribution in [0.4, 0.5) is 0 Å². The summed E-state index contributed by atoms with van der Waals surface area (Å²) in [6.45, 7) is 1.93. The van der Waals surface area contributed by atoms with Crippen LogP contribution in [0.15, 0.2) is 81.3 Å². The minimum Gasteiger partial charge on any atom is -0.484 e. The molecule has 1 unspecified atom stereocenters. The van der Waals surface area contributed by atoms with E-state index in [1.54, 1.807) is 23.5 Å². The lowest BCUT2D eigenvalue weighted by Gasteiger charge is -2.18. The minimum absolute atomic E-state index is 0.140. The van der Waals surface area contributed by atoms with E-state index in [0.717, 1.165) is 34.2 Å². The Balaban J connectivity index is 1.47. The molecule has 2 aromatic carbocycles. The van der Waals surface area contributed by atoms with Crippen molar-refractivity contribution in [3.05, 3.63) is 98.5 Å². The van der Waals surface area contributed by atoms with Gasteiger partial charge in [-0.05, 0) is 41.1 Å². The van der Waals surface area contributed by atoms with Crippen LogP contribution in [-0.4, -0.2) is 12.5 Å². The topological polar surface area (TPSA) is 68.5 Å². The van der Waals surface area contributed by atoms with Crippen molar-refractivity contribution in [1.29, 1.82) is 0 Å². The molecule has 2 heterocycles. The van der Waals surface area contributed by atoms with Crippen molar-refractivity contribution < 1.29 is 13.9 Å². The summed E-state index contributed by atoms with van der Waals surface area (Å²) in [4.78, 5) is 25.6. The summed E-state index contributed by atoms with van der Waals surface area (Å²) in [5, 5.41) is 5.93. The third kappa shape index (κ3) is 5.03. The van der Waals surface area contributed by atoms with Gasteiger partial charge >= 0.3 is 5.63 Å². The molecule has 0 aliphatic rings. The van der Waals surface area contributed by atoms with Gasteiger partial charge in [0.1, 0.15) is 11.3 Å². The molecule has 1 atom stereocenters. The zero-order valence-electron chi connectivity index (χ0n) is 17.2. The minimum atomic E-state index is -0.382. The van der Waals surface area contributed by atoms with Gasteiger partial charge in [0.2, 0.25) is 0 Å². The molecule has 6 heteroatoms. The van der Waals surface area contributed by atoms with E-state index in [-0.39, 0.29) is 24.2 Å². The molecule has 2 aromatic heterocycles. The number of rotatable bonds is 8. The van der Waals surface area contributed by atoms with E-state index in [2.05, 4.69) is 12.2 Å². The summed E-state index contributed by atoms with van der Waals surface area (Å²) in [5.41, 5.74) is 2.05. The molecule has 158 valence electrons. The van der Waals surface area contributed by atoms with Gasteiger partial charge in [-0.2, -0.15) is 0 Å². The first-order valence-electron chi connectivity index (χ1n) is 10.2. The van der Waals surface area contributed by atoms with Gasteiger partial charge in [-0.1, -0.05) is 49.7 Å². The van der Waals surface area contributed by atoms with Crippen LogP contribution in [0.2, 0.25) is 0 Å². The summed E-state index contributed by atoms with van der Waals surface area (Å²) < 4.78 is 11.0. The summed E-state index contributed by atoms with van der Waals surface area (Å²) >= 11 is 1.59. The van der Waals surface area contributed by atoms with Crippen molar-refractivity contribution in [2.45, 2.75) is 25.8 Å². The lowest BCUT2D eigenvalue weighted by Crippen LogP contribution is -2.32. The summed E-state index contributed by atoms with van der Waals surface area (Å²) in [7, 11) is 0. The Labute approximate surface area is 184 Å². The van der Waals surface area contributed by atoms with E-state index in [1.807, 2.05) is 53.9 Å². The van der Waals surface area contributed by atoms with Crippen molar-refractivity contribution >= 4 is 28.2 Å². The van der Waals surface area contributed by atoms with Crippen LogP contribution in [0, 0.1) is 0 Å². The molecule has 0 aliphatic heterocycles. The lowest BCUT2D eigenvalue weighted by atomic mass is 10.1. The quantitative estimate of drug-likeness (QED) is 0.393. The van der Waals surface area contributed by atoms with E-state index in [0.29, 0.717) is 11.3 Å². The number of carbonyl (C=O) groups is 1. The Morgan fingerprint density at radius 2 is 1.94 bits per heavy atom. The first-order chi connectivity index (χ1) is 15.1. The fourth-order valence-electron chi connectivity index (χ4n) is 3.55. The number of thiophene rings is 1. The zero-order chi connectivity index (χ0) is 21.6. The van der Waals surface area contributed by atoms with Crippen LogP contribution in [-0.2, 0) is 11.2 Å². The molecule has 0 aliphatic carbocycles. The molecule has 0 spiro atoms. The second-order valence-corrected chi connectivity index (χ2v) is 8.19. The Kier molecular flexibility index (Phi) is 6.48. The van der Waals surface area contributed by atoms with Crippen LogP contribution in [0.25, 0.3) is 11.0 Å². The molecule has 4 rings (SSSR count). The number of benzene rings is 2. The fourth-order valence-corrected chi connectivity index (χ4v) is 4.35. The molecule has 31 heavy (non-hydrogen) atoms. The standard InChI is InChI=1S/C25H23NO4S/c1-2-7-18-14-24(28)30-21-15-19(11-12-20(18)21)29-16-23(27)26-25(22-10-6-13-31-22)17-8-4-3-5-9-17/h3-6,8-15,25H,2,7,16H2,1H3,(H,26,27). The Hall–Kier alpha value is -3.38. The van der Waals surface area contributed by atoms with Crippen molar-refractivity contribution in [1.82, 2.24) is 5.32 Å². The van der Waals surface area contributed by atoms with E-state index >= 15 is 0 Å². The third-order valence-corrected chi connectivity index (χ3v) is 5.89. The van der Waals surface area contributed by atoms with E-state index in [4.69, 9.17) is 9.15 Å². The van der Waals surface area contributed by atoms with Gasteiger partial charge in [-0.3, -0.25) is 4.79 Å². The summed E-state index contributed by atoms with van der Waals surface area (Å²) in [5.74, 6) is 0.246. The number of nitrogens with one attached hydrogen (secondary N) is 1. The van der Waals surface area contributed by atoms with E-state index in [9.17, 15) is 9.59 Å². The number of aryl methyl sites for hydroxylation is 1. The number of fused-ring (bicyclic) bond motifs is 1. The maximum Gasteiger partial charge on any atom is 0.336 e. The SMILES string of the molecule is CCCc1cc(=O)oc2cc(OCC(=O)NC(c3ccccc3)c3cccs3)ccc12. The van der Waals surface area contributed by atoms with Gasteiger partial charge in [0, 0.05) is 22.4 Å². The highest BCUT2D eigenvalue weighted by Gasteiger charge is 2.18. The number of hydrogen-bond donors (Lipinski definition) is 1. The van der Waals surface area contributed by atoms with E-state index < -0.39 is 0 Å². The summed E-state index contributed by atoms with van der Waals surface area (Å²) in [6, 6.07) is 20.4. The molecular weight excluding hydrogens is 410 g/mol. The Bertz CT molecular complexity index is 1220. The molecule has 0 saturated heterocycles. The molecule has 0 bridgehead atoms. The highest BCUT2D eigenvalue weighted by atomic mass is 32.1. The Morgan fingerprint density at radius 3 is 2.68 bits per heavy atom. The molecule has 4 aromatic rings. The predicted molar refractivity (Wildman–Crippen MR) is 123 cm³/mol. The van der Waals surface area contributed by atoms with Crippen LogP contribution in [0.1, 0.15) is 35.4 Å². The second kappa shape index (κ2) is 9.62. The second-order valence-electron chi connectivity index (χ2n) is 7.21. The Morgan fingerprint density at radius 1 is 1.10 bits per heavy atom. The monoisotopic (exact) mass is 433 g/mol. The smallest absolute Gasteiger partial charge is 0.336 e. The molecule has 0 saturated carbocycles. The molecule has 1 amide bonds. The van der Waals surface area contributed by atoms with Crippen molar-refractivity contribution in [2.24, 2.45) is 0 Å². The zero-order valence-corrected chi connectivity index (χ0v) is 18.0. The summed E-state index contributed by atoms with van der Waals surface area (Å²) in [6.07, 6.45) is 1.73. The fraction of sp³-hybridized carbons (Fsp3) is 0.200. The van der Waals surface area contributed by atoms with Gasteiger partial charge in [0.15, 0.2) is 6.61 Å². The first-order valence-corrected chi connectivity index (χ1v) is 11.1. The lowest BCUT2D eigenvalue weighted by molar-refractivity contribution is -0.123. The van der Waals surface area contributed by atoms with Gasteiger partial charge in [0.25, 0.3) is 5.91 Å². The highest BCUT2D eigenvalue weighted by molar-refractivity contribution is 7.10. The molecule has 5 nitrogen and oxygen atoms in total. The maximum absolute atomic E-state index is 12.6. The van der Waals surface area contributed by atoms with Crippen LogP contribution in [0.3, 0.4) is 0 Å². The van der Waals surface area contributed by atoms with Crippen molar-refractivity contribution in [3.63, 3.8) is 0 Å². The van der Waals surface area contributed by atoms with Gasteiger partial charge in [0.05, 0.1) is 6.04 Å². The van der Waals surface area contributed by atoms with Crippen molar-refractivity contribution in [3.8, 4) is 5.75 Å². The first kappa shape index (κ1) is 20.9. The average molecular weight is 434 g/mol. The van der Waals surface area contributed by atoms with Crippen LogP contribution >= 0.6 is 11.3 Å². The molecule has 0 fully saturated rings. The maximum atomic E-state index is 12.6. The average Bonchev–Trinajstić information content (AvgIpc) is 3.31. The van der Waals surface area contributed by atoms with Crippen molar-refractivity contribution in [2.75, 3.05) is 6.61 Å². The highest BCUT2D eigenvalue weighted by Crippen LogP contribution is 2.26. The van der Waals surface area contributed by atoms with Crippen LogP contribution in [0.5, 0.6) is 5.75 Å². The van der Waals surface area contributed by atoms with Crippen LogP contribution < -0.4 is 15.7 Å². The number of hydrogen-bond acceptors (Lipinski definition) is 5. The van der Waals surface area contributed by atoms with Gasteiger partial charge in [-0.25, -0.2) is 4.79 Å². The number of ether oxygens (including phenoxy) is 1. The van der Waals surface area contributed by atoms with E-state index in [1.165, 1.54) is 6.07 Å². The van der Waals surface area contributed by atoms with Gasteiger partial charge in [-0.15, -0.1) is 11.3 Å². The molecular formula is C25H23NO4S. The third-order valence-electron chi connectivity index (χ3n) is 4.96. The number of amides is 1. The van der Waals surface area contributed by atoms with Gasteiger partial charge < -0.3 is 14.5 Å². The largest absolute Gasteiger partial charge is 0.484 e. The predicted octanol–water partition coefficient (Wildman–Crippen LogP) is 5.09. The molecule has 1 N–H and O–H groups in total. The normalized spacial score (nSPS) is 11.9. The number of carbonyl (C=O) groups excluding carboxylic acids is 1.